The van der Waals surface area contributed by atoms with Crippen LogP contribution >= 0.6 is 0 Å². The summed E-state index contributed by atoms with van der Waals surface area (Å²) in [7, 11) is 1.40. The molecule has 1 saturated carbocycles. The van der Waals surface area contributed by atoms with Crippen LogP contribution in [0.3, 0.4) is 0 Å². The van der Waals surface area contributed by atoms with Gasteiger partial charge in [0.25, 0.3) is 0 Å². The summed E-state index contributed by atoms with van der Waals surface area (Å²) in [4.78, 5) is 26.3. The Morgan fingerprint density at radius 2 is 2.16 bits per heavy atom. The van der Waals surface area contributed by atoms with E-state index in [1.54, 1.807) is 4.90 Å². The maximum atomic E-state index is 12.5. The van der Waals surface area contributed by atoms with E-state index < -0.39 is 11.0 Å². The molecule has 2 aliphatic rings. The lowest BCUT2D eigenvalue weighted by molar-refractivity contribution is -0.158. The summed E-state index contributed by atoms with van der Waals surface area (Å²) in [6, 6.07) is 7.42. The quantitative estimate of drug-likeness (QED) is 0.780. The maximum Gasteiger partial charge on any atom is 0.415 e. The summed E-state index contributed by atoms with van der Waals surface area (Å²) >= 11 is 0. The number of anilines is 1. The van der Waals surface area contributed by atoms with Gasteiger partial charge >= 0.3 is 12.1 Å². The Hall–Kier alpha value is -2.24. The van der Waals surface area contributed by atoms with E-state index in [2.05, 4.69) is 0 Å². The van der Waals surface area contributed by atoms with Crippen molar-refractivity contribution in [2.75, 3.05) is 25.2 Å². The molecule has 1 aromatic rings. The third-order valence-electron chi connectivity index (χ3n) is 5.16. The van der Waals surface area contributed by atoms with E-state index in [0.717, 1.165) is 30.7 Å². The molecule has 1 aliphatic heterocycles. The predicted molar refractivity (Wildman–Crippen MR) is 92.8 cm³/mol. The van der Waals surface area contributed by atoms with Crippen LogP contribution in [0.15, 0.2) is 24.3 Å². The Balaban J connectivity index is 1.82. The molecule has 2 unspecified atom stereocenters. The number of benzene rings is 1. The number of hydrogen-bond acceptors (Lipinski definition) is 5. The van der Waals surface area contributed by atoms with Crippen molar-refractivity contribution in [2.45, 2.75) is 45.1 Å². The summed E-state index contributed by atoms with van der Waals surface area (Å²) in [6.45, 7) is 4.82. The van der Waals surface area contributed by atoms with Crippen LogP contribution in [0.5, 0.6) is 5.75 Å². The van der Waals surface area contributed by atoms with Crippen LogP contribution in [-0.4, -0.2) is 37.9 Å². The minimum Gasteiger partial charge on any atom is -0.494 e. The fourth-order valence-corrected chi connectivity index (χ4v) is 4.06. The molecule has 1 amide bonds. The van der Waals surface area contributed by atoms with E-state index in [0.29, 0.717) is 19.6 Å². The molecule has 1 spiro atoms. The van der Waals surface area contributed by atoms with Crippen molar-refractivity contribution in [3.05, 3.63) is 24.3 Å². The van der Waals surface area contributed by atoms with Crippen LogP contribution in [0, 0.1) is 5.41 Å². The molecule has 2 atom stereocenters. The molecule has 0 bridgehead atoms. The number of amides is 1. The van der Waals surface area contributed by atoms with Gasteiger partial charge in [-0.05, 0) is 45.2 Å². The summed E-state index contributed by atoms with van der Waals surface area (Å²) < 4.78 is 16.3. The Morgan fingerprint density at radius 3 is 2.88 bits per heavy atom. The number of esters is 1. The Morgan fingerprint density at radius 1 is 1.36 bits per heavy atom. The van der Waals surface area contributed by atoms with Crippen molar-refractivity contribution < 1.29 is 23.8 Å². The fourth-order valence-electron chi connectivity index (χ4n) is 4.06. The molecule has 1 aromatic carbocycles. The van der Waals surface area contributed by atoms with Gasteiger partial charge in [0.05, 0.1) is 31.4 Å². The first-order valence-corrected chi connectivity index (χ1v) is 8.73. The average molecular weight is 347 g/mol. The summed E-state index contributed by atoms with van der Waals surface area (Å²) in [5, 5.41) is 0. The van der Waals surface area contributed by atoms with E-state index >= 15 is 0 Å². The van der Waals surface area contributed by atoms with Crippen LogP contribution in [0.25, 0.3) is 0 Å². The highest BCUT2D eigenvalue weighted by molar-refractivity contribution is 5.90. The largest absolute Gasteiger partial charge is 0.494 e. The molecule has 25 heavy (non-hydrogen) atoms. The van der Waals surface area contributed by atoms with E-state index in [-0.39, 0.29) is 12.1 Å². The van der Waals surface area contributed by atoms with E-state index in [1.165, 1.54) is 7.11 Å². The van der Waals surface area contributed by atoms with Crippen molar-refractivity contribution in [3.8, 4) is 5.75 Å². The lowest BCUT2D eigenvalue weighted by Crippen LogP contribution is -2.47. The topological polar surface area (TPSA) is 65.1 Å². The number of carbonyl (C=O) groups is 2. The van der Waals surface area contributed by atoms with Gasteiger partial charge in [0.15, 0.2) is 0 Å². The number of hydrogen-bond donors (Lipinski definition) is 0. The van der Waals surface area contributed by atoms with Crippen molar-refractivity contribution >= 4 is 17.7 Å². The standard InChI is InChI=1S/C19H25NO5/c1-4-24-15-8-5-7-14(11-15)20-13-19(25-17(20)22)10-6-9-18(2,12-19)16(21)23-3/h5,7-8,11H,4,6,9-10,12-13H2,1-3H3. The van der Waals surface area contributed by atoms with E-state index in [4.69, 9.17) is 14.2 Å². The minimum atomic E-state index is -0.639. The van der Waals surface area contributed by atoms with Gasteiger partial charge in [-0.25, -0.2) is 4.79 Å². The number of nitrogens with zero attached hydrogens (tertiary/aromatic N) is 1. The first kappa shape index (κ1) is 17.6. The second-order valence-electron chi connectivity index (χ2n) is 7.15. The third-order valence-corrected chi connectivity index (χ3v) is 5.16. The third kappa shape index (κ3) is 3.30. The summed E-state index contributed by atoms with van der Waals surface area (Å²) in [6.07, 6.45) is 2.44. The van der Waals surface area contributed by atoms with Crippen molar-refractivity contribution in [1.29, 1.82) is 0 Å². The number of ether oxygens (including phenoxy) is 3. The highest BCUT2D eigenvalue weighted by Crippen LogP contribution is 2.47. The summed E-state index contributed by atoms with van der Waals surface area (Å²) in [5.74, 6) is 0.483. The normalized spacial score (nSPS) is 28.8. The lowest BCUT2D eigenvalue weighted by Gasteiger charge is -2.40. The van der Waals surface area contributed by atoms with Crippen LogP contribution in [0.1, 0.15) is 39.5 Å². The molecule has 3 rings (SSSR count). The van der Waals surface area contributed by atoms with Crippen molar-refractivity contribution in [2.24, 2.45) is 5.41 Å². The molecular formula is C19H25NO5. The molecule has 6 heteroatoms. The van der Waals surface area contributed by atoms with Gasteiger partial charge < -0.3 is 14.2 Å². The van der Waals surface area contributed by atoms with Crippen LogP contribution in [-0.2, 0) is 14.3 Å². The second-order valence-corrected chi connectivity index (χ2v) is 7.15. The zero-order valence-electron chi connectivity index (χ0n) is 15.0. The summed E-state index contributed by atoms with van der Waals surface area (Å²) in [5.41, 5.74) is -0.505. The SMILES string of the molecule is CCOc1cccc(N2CC3(CCCC(C)(C(=O)OC)C3)OC2=O)c1. The molecule has 6 nitrogen and oxygen atoms in total. The second kappa shape index (κ2) is 6.58. The van der Waals surface area contributed by atoms with Gasteiger partial charge in [-0.1, -0.05) is 6.07 Å². The van der Waals surface area contributed by atoms with Gasteiger partial charge in [0.1, 0.15) is 11.4 Å². The lowest BCUT2D eigenvalue weighted by atomic mass is 9.68. The number of methoxy groups -OCH3 is 1. The van der Waals surface area contributed by atoms with Gasteiger partial charge in [-0.3, -0.25) is 9.69 Å². The number of rotatable bonds is 4. The molecule has 136 valence electrons. The van der Waals surface area contributed by atoms with Gasteiger partial charge in [-0.15, -0.1) is 0 Å². The molecule has 0 radical (unpaired) electrons. The molecule has 2 fully saturated rings. The molecule has 1 saturated heterocycles. The van der Waals surface area contributed by atoms with Gasteiger partial charge in [0, 0.05) is 12.5 Å². The predicted octanol–water partition coefficient (Wildman–Crippen LogP) is 3.53. The molecule has 1 heterocycles. The van der Waals surface area contributed by atoms with E-state index in [1.807, 2.05) is 38.1 Å². The smallest absolute Gasteiger partial charge is 0.415 e. The monoisotopic (exact) mass is 347 g/mol. The van der Waals surface area contributed by atoms with Crippen LogP contribution in [0.2, 0.25) is 0 Å². The van der Waals surface area contributed by atoms with Crippen LogP contribution in [0.4, 0.5) is 10.5 Å². The zero-order chi connectivity index (χ0) is 18.1. The molecule has 0 N–H and O–H groups in total. The maximum absolute atomic E-state index is 12.5. The van der Waals surface area contributed by atoms with Crippen LogP contribution < -0.4 is 9.64 Å². The molecular weight excluding hydrogens is 322 g/mol. The molecule has 0 aromatic heterocycles. The fraction of sp³-hybridized carbons (Fsp3) is 0.579. The van der Waals surface area contributed by atoms with Gasteiger partial charge in [0.2, 0.25) is 0 Å². The van der Waals surface area contributed by atoms with E-state index in [9.17, 15) is 9.59 Å². The van der Waals surface area contributed by atoms with Gasteiger partial charge in [-0.2, -0.15) is 0 Å². The molecule has 1 aliphatic carbocycles. The first-order chi connectivity index (χ1) is 11.9. The zero-order valence-corrected chi connectivity index (χ0v) is 15.0. The average Bonchev–Trinajstić information content (AvgIpc) is 2.90. The Bertz CT molecular complexity index is 676. The van der Waals surface area contributed by atoms with Crippen molar-refractivity contribution in [3.63, 3.8) is 0 Å². The first-order valence-electron chi connectivity index (χ1n) is 8.73. The highest BCUT2D eigenvalue weighted by Gasteiger charge is 2.54. The Labute approximate surface area is 148 Å². The Kier molecular flexibility index (Phi) is 4.62. The highest BCUT2D eigenvalue weighted by atomic mass is 16.6. The van der Waals surface area contributed by atoms with Crippen molar-refractivity contribution in [1.82, 2.24) is 0 Å². The number of carbonyl (C=O) groups excluding carboxylic acids is 2. The minimum absolute atomic E-state index is 0.237.